The van der Waals surface area contributed by atoms with Gasteiger partial charge in [0.15, 0.2) is 0 Å². The van der Waals surface area contributed by atoms with Gasteiger partial charge < -0.3 is 15.2 Å². The molecule has 0 unspecified atom stereocenters. The third-order valence-electron chi connectivity index (χ3n) is 3.34. The lowest BCUT2D eigenvalue weighted by Gasteiger charge is -2.05. The minimum Gasteiger partial charge on any atom is -0.478 e. The Hall–Kier alpha value is -2.46. The second-order valence-corrected chi connectivity index (χ2v) is 6.46. The van der Waals surface area contributed by atoms with Crippen LogP contribution in [0.25, 0.3) is 0 Å². The first-order valence-electron chi connectivity index (χ1n) is 7.98. The predicted octanol–water partition coefficient (Wildman–Crippen LogP) is 0.957. The van der Waals surface area contributed by atoms with Crippen LogP contribution in [-0.2, 0) is 28.4 Å². The second-order valence-electron chi connectivity index (χ2n) is 5.48. The number of amides is 1. The van der Waals surface area contributed by atoms with Crippen molar-refractivity contribution in [2.24, 2.45) is 0 Å². The molecule has 0 saturated heterocycles. The van der Waals surface area contributed by atoms with Gasteiger partial charge in [-0.25, -0.2) is 4.79 Å². The Morgan fingerprint density at radius 3 is 3.00 bits per heavy atom. The van der Waals surface area contributed by atoms with Crippen molar-refractivity contribution in [1.82, 2.24) is 25.3 Å². The number of hydrogen-bond donors (Lipinski definition) is 2. The normalized spacial score (nSPS) is 10.7. The first-order chi connectivity index (χ1) is 12.6. The zero-order valence-electron chi connectivity index (χ0n) is 14.4. The average molecular weight is 379 g/mol. The van der Waals surface area contributed by atoms with E-state index in [1.807, 2.05) is 6.20 Å². The molecule has 10 heteroatoms. The van der Waals surface area contributed by atoms with Crippen molar-refractivity contribution in [3.8, 4) is 0 Å². The molecule has 2 rings (SSSR count). The molecule has 0 bridgehead atoms. The fraction of sp³-hybridized carbons (Fsp3) is 0.438. The van der Waals surface area contributed by atoms with E-state index in [1.165, 1.54) is 30.2 Å². The van der Waals surface area contributed by atoms with Gasteiger partial charge in [0, 0.05) is 51.1 Å². The van der Waals surface area contributed by atoms with Crippen molar-refractivity contribution < 1.29 is 19.4 Å². The SMILES string of the molecule is COCCCn1cc(CSCC(=O)NCc2cncc(C(=O)O)c2)nn1. The van der Waals surface area contributed by atoms with Crippen molar-refractivity contribution in [1.29, 1.82) is 0 Å². The van der Waals surface area contributed by atoms with Crippen LogP contribution in [0.15, 0.2) is 24.7 Å². The van der Waals surface area contributed by atoms with Crippen LogP contribution in [0.1, 0.15) is 28.0 Å². The Morgan fingerprint density at radius 1 is 1.38 bits per heavy atom. The number of nitrogens with one attached hydrogen (secondary N) is 1. The summed E-state index contributed by atoms with van der Waals surface area (Å²) in [6.07, 6.45) is 5.53. The summed E-state index contributed by atoms with van der Waals surface area (Å²) < 4.78 is 6.75. The molecule has 0 aromatic carbocycles. The van der Waals surface area contributed by atoms with E-state index >= 15 is 0 Å². The van der Waals surface area contributed by atoms with Gasteiger partial charge in [-0.05, 0) is 18.1 Å². The number of aromatic nitrogens is 4. The Morgan fingerprint density at radius 2 is 2.23 bits per heavy atom. The van der Waals surface area contributed by atoms with E-state index in [0.29, 0.717) is 17.9 Å². The fourth-order valence-electron chi connectivity index (χ4n) is 2.09. The maximum atomic E-state index is 11.9. The third-order valence-corrected chi connectivity index (χ3v) is 4.30. The van der Waals surface area contributed by atoms with Gasteiger partial charge in [-0.2, -0.15) is 0 Å². The first kappa shape index (κ1) is 19.9. The molecule has 1 amide bonds. The highest BCUT2D eigenvalue weighted by Gasteiger charge is 2.07. The van der Waals surface area contributed by atoms with E-state index in [-0.39, 0.29) is 23.8 Å². The number of thioether (sulfide) groups is 1. The Kier molecular flexibility index (Phi) is 8.03. The zero-order chi connectivity index (χ0) is 18.8. The van der Waals surface area contributed by atoms with Gasteiger partial charge in [-0.3, -0.25) is 14.5 Å². The number of pyridine rings is 1. The molecule has 0 aliphatic heterocycles. The summed E-state index contributed by atoms with van der Waals surface area (Å²) in [7, 11) is 1.66. The molecule has 2 aromatic heterocycles. The quantitative estimate of drug-likeness (QED) is 0.554. The van der Waals surface area contributed by atoms with Crippen LogP contribution in [0.2, 0.25) is 0 Å². The number of aryl methyl sites for hydroxylation is 1. The smallest absolute Gasteiger partial charge is 0.337 e. The summed E-state index contributed by atoms with van der Waals surface area (Å²) in [6.45, 7) is 1.66. The largest absolute Gasteiger partial charge is 0.478 e. The molecule has 26 heavy (non-hydrogen) atoms. The summed E-state index contributed by atoms with van der Waals surface area (Å²) in [6, 6.07) is 1.49. The van der Waals surface area contributed by atoms with Crippen molar-refractivity contribution in [3.63, 3.8) is 0 Å². The Balaban J connectivity index is 1.67. The number of ether oxygens (including phenoxy) is 1. The number of carbonyl (C=O) groups is 2. The minimum atomic E-state index is -1.04. The Labute approximate surface area is 155 Å². The molecule has 0 atom stereocenters. The maximum absolute atomic E-state index is 11.9. The van der Waals surface area contributed by atoms with Crippen LogP contribution in [0, 0.1) is 0 Å². The molecular formula is C16H21N5O4S. The van der Waals surface area contributed by atoms with Crippen molar-refractivity contribution in [2.45, 2.75) is 25.3 Å². The number of hydrogen-bond acceptors (Lipinski definition) is 7. The molecule has 9 nitrogen and oxygen atoms in total. The monoisotopic (exact) mass is 379 g/mol. The molecule has 0 fully saturated rings. The standard InChI is InChI=1S/C16H21N5O4S/c1-25-4-2-3-21-9-14(19-20-21)10-26-11-15(22)18-7-12-5-13(16(23)24)8-17-6-12/h5-6,8-9H,2-4,7,10-11H2,1H3,(H,18,22)(H,23,24). The van der Waals surface area contributed by atoms with Gasteiger partial charge in [0.05, 0.1) is 17.0 Å². The third kappa shape index (κ3) is 6.81. The molecular weight excluding hydrogens is 358 g/mol. The maximum Gasteiger partial charge on any atom is 0.337 e. The lowest BCUT2D eigenvalue weighted by molar-refractivity contribution is -0.118. The van der Waals surface area contributed by atoms with Crippen LogP contribution in [0.4, 0.5) is 0 Å². The summed E-state index contributed by atoms with van der Waals surface area (Å²) in [5.74, 6) is -0.309. The number of carbonyl (C=O) groups excluding carboxylic acids is 1. The molecule has 2 heterocycles. The van der Waals surface area contributed by atoms with Gasteiger partial charge in [0.25, 0.3) is 0 Å². The molecule has 140 valence electrons. The molecule has 0 radical (unpaired) electrons. The number of carboxylic acids is 1. The van der Waals surface area contributed by atoms with Gasteiger partial charge in [-0.1, -0.05) is 5.21 Å². The number of aromatic carboxylic acids is 1. The second kappa shape index (κ2) is 10.5. The van der Waals surface area contributed by atoms with E-state index in [1.54, 1.807) is 11.8 Å². The lowest BCUT2D eigenvalue weighted by Crippen LogP contribution is -2.24. The molecule has 0 aliphatic rings. The minimum absolute atomic E-state index is 0.0970. The van der Waals surface area contributed by atoms with Crippen molar-refractivity contribution >= 4 is 23.6 Å². The highest BCUT2D eigenvalue weighted by Crippen LogP contribution is 2.09. The van der Waals surface area contributed by atoms with E-state index in [2.05, 4.69) is 20.6 Å². The van der Waals surface area contributed by atoms with Gasteiger partial charge >= 0.3 is 5.97 Å². The zero-order valence-corrected chi connectivity index (χ0v) is 15.2. The molecule has 0 saturated carbocycles. The fourth-order valence-corrected chi connectivity index (χ4v) is 2.82. The average Bonchev–Trinajstić information content (AvgIpc) is 3.08. The van der Waals surface area contributed by atoms with E-state index in [9.17, 15) is 9.59 Å². The van der Waals surface area contributed by atoms with Crippen LogP contribution in [0.5, 0.6) is 0 Å². The van der Waals surface area contributed by atoms with Crippen LogP contribution < -0.4 is 5.32 Å². The van der Waals surface area contributed by atoms with Gasteiger partial charge in [-0.15, -0.1) is 16.9 Å². The Bertz CT molecular complexity index is 737. The summed E-state index contributed by atoms with van der Waals surface area (Å²) in [4.78, 5) is 26.6. The summed E-state index contributed by atoms with van der Waals surface area (Å²) >= 11 is 1.44. The van der Waals surface area contributed by atoms with Crippen LogP contribution in [0.3, 0.4) is 0 Å². The molecule has 0 aliphatic carbocycles. The molecule has 0 spiro atoms. The summed E-state index contributed by atoms with van der Waals surface area (Å²) in [5, 5.41) is 19.8. The topological polar surface area (TPSA) is 119 Å². The number of rotatable bonds is 11. The number of methoxy groups -OCH3 is 1. The molecule has 2 aromatic rings. The highest BCUT2D eigenvalue weighted by atomic mass is 32.2. The van der Waals surface area contributed by atoms with Crippen LogP contribution in [-0.4, -0.2) is 56.4 Å². The van der Waals surface area contributed by atoms with Crippen molar-refractivity contribution in [3.05, 3.63) is 41.5 Å². The van der Waals surface area contributed by atoms with E-state index < -0.39 is 5.97 Å². The lowest BCUT2D eigenvalue weighted by atomic mass is 10.2. The van der Waals surface area contributed by atoms with Crippen LogP contribution >= 0.6 is 11.8 Å². The van der Waals surface area contributed by atoms with E-state index in [4.69, 9.17) is 9.84 Å². The number of carboxylic acid groups (broad SMARTS) is 1. The van der Waals surface area contributed by atoms with E-state index in [0.717, 1.165) is 18.7 Å². The first-order valence-corrected chi connectivity index (χ1v) is 9.13. The number of nitrogens with zero attached hydrogens (tertiary/aromatic N) is 4. The highest BCUT2D eigenvalue weighted by molar-refractivity contribution is 7.99. The van der Waals surface area contributed by atoms with Gasteiger partial charge in [0.1, 0.15) is 0 Å². The molecule has 2 N–H and O–H groups in total. The van der Waals surface area contributed by atoms with Crippen molar-refractivity contribution in [2.75, 3.05) is 19.5 Å². The summed E-state index contributed by atoms with van der Waals surface area (Å²) in [5.41, 5.74) is 1.56. The predicted molar refractivity (Wildman–Crippen MR) is 95.7 cm³/mol. The van der Waals surface area contributed by atoms with Gasteiger partial charge in [0.2, 0.25) is 5.91 Å².